The predicted molar refractivity (Wildman–Crippen MR) is 152 cm³/mol. The largest absolute Gasteiger partial charge is 0.320 e. The van der Waals surface area contributed by atoms with Crippen molar-refractivity contribution in [2.24, 2.45) is 12.0 Å². The minimum absolute atomic E-state index is 0.112. The van der Waals surface area contributed by atoms with E-state index in [1.807, 2.05) is 53.4 Å². The van der Waals surface area contributed by atoms with E-state index in [9.17, 15) is 8.42 Å². The monoisotopic (exact) mass is 547 g/mol. The molecule has 1 N–H and O–H groups in total. The number of rotatable bonds is 15. The maximum Gasteiger partial charge on any atom is 0.242 e. The molecule has 1 heterocycles. The molecule has 0 bridgehead atoms. The molecule has 0 fully saturated rings. The first kappa shape index (κ1) is 28.6. The summed E-state index contributed by atoms with van der Waals surface area (Å²) >= 11 is 7.83. The molecule has 0 aliphatic carbocycles. The Kier molecular flexibility index (Phi) is 11.7. The average molecular weight is 548 g/mol. The number of unbranched alkanes of at least 4 members (excludes halogenated alkanes) is 9. The molecule has 8 heteroatoms. The third-order valence-corrected chi connectivity index (χ3v) is 9.10. The molecule has 0 aliphatic heterocycles. The highest BCUT2D eigenvalue weighted by Crippen LogP contribution is 2.28. The Labute approximate surface area is 225 Å². The molecule has 0 spiro atoms. The van der Waals surface area contributed by atoms with Crippen molar-refractivity contribution in [3.05, 3.63) is 63.7 Å². The van der Waals surface area contributed by atoms with Crippen LogP contribution >= 0.6 is 22.9 Å². The zero-order chi connectivity index (χ0) is 25.8. The number of sulfonamides is 1. The first-order chi connectivity index (χ1) is 17.4. The van der Waals surface area contributed by atoms with E-state index < -0.39 is 10.0 Å². The van der Waals surface area contributed by atoms with Crippen molar-refractivity contribution in [2.45, 2.75) is 76.0 Å². The van der Waals surface area contributed by atoms with Gasteiger partial charge in [0.1, 0.15) is 4.90 Å². The van der Waals surface area contributed by atoms with Gasteiger partial charge in [0.15, 0.2) is 4.80 Å². The van der Waals surface area contributed by atoms with Gasteiger partial charge < -0.3 is 4.57 Å². The van der Waals surface area contributed by atoms with Gasteiger partial charge in [-0.3, -0.25) is 0 Å². The number of halogens is 1. The van der Waals surface area contributed by atoms with E-state index in [2.05, 4.69) is 11.6 Å². The quantitative estimate of drug-likeness (QED) is 0.197. The lowest BCUT2D eigenvalue weighted by molar-refractivity contribution is 0.549. The van der Waals surface area contributed by atoms with Gasteiger partial charge in [0.25, 0.3) is 0 Å². The van der Waals surface area contributed by atoms with Gasteiger partial charge in [-0.25, -0.2) is 18.1 Å². The highest BCUT2D eigenvalue weighted by Gasteiger charge is 2.19. The summed E-state index contributed by atoms with van der Waals surface area (Å²) in [6, 6.07) is 14.9. The van der Waals surface area contributed by atoms with Crippen LogP contribution in [0, 0.1) is 0 Å². The Morgan fingerprint density at radius 2 is 1.56 bits per heavy atom. The summed E-state index contributed by atoms with van der Waals surface area (Å²) < 4.78 is 30.7. The SMILES string of the molecule is CCCCCCCCCCCCNS(=O)(=O)c1cc(-c2csc(=Nc3ccccc3)n2C)ccc1Cl. The molecule has 3 rings (SSSR count). The number of hydrogen-bond donors (Lipinski definition) is 1. The first-order valence-electron chi connectivity index (χ1n) is 13.0. The highest BCUT2D eigenvalue weighted by molar-refractivity contribution is 7.89. The van der Waals surface area contributed by atoms with Gasteiger partial charge in [-0.1, -0.05) is 101 Å². The van der Waals surface area contributed by atoms with Crippen molar-refractivity contribution in [1.82, 2.24) is 9.29 Å². The van der Waals surface area contributed by atoms with Crippen molar-refractivity contribution in [2.75, 3.05) is 6.54 Å². The van der Waals surface area contributed by atoms with Gasteiger partial charge in [0.05, 0.1) is 16.4 Å². The minimum Gasteiger partial charge on any atom is -0.320 e. The Hall–Kier alpha value is -1.93. The van der Waals surface area contributed by atoms with Crippen molar-refractivity contribution in [3.8, 4) is 11.3 Å². The number of benzene rings is 2. The van der Waals surface area contributed by atoms with Gasteiger partial charge in [0, 0.05) is 24.5 Å². The van der Waals surface area contributed by atoms with Crippen LogP contribution in [0.2, 0.25) is 5.02 Å². The second-order valence-corrected chi connectivity index (χ2v) is 12.1. The number of nitrogens with one attached hydrogen (secondary N) is 1. The second kappa shape index (κ2) is 14.7. The minimum atomic E-state index is -3.70. The molecular weight excluding hydrogens is 510 g/mol. The number of hydrogen-bond acceptors (Lipinski definition) is 4. The van der Waals surface area contributed by atoms with Crippen LogP contribution in [-0.2, 0) is 17.1 Å². The predicted octanol–water partition coefficient (Wildman–Crippen LogP) is 7.84. The van der Waals surface area contributed by atoms with E-state index in [-0.39, 0.29) is 9.92 Å². The smallest absolute Gasteiger partial charge is 0.242 e. The highest BCUT2D eigenvalue weighted by atomic mass is 35.5. The summed E-state index contributed by atoms with van der Waals surface area (Å²) in [5.41, 5.74) is 2.54. The van der Waals surface area contributed by atoms with Crippen LogP contribution in [-0.4, -0.2) is 19.5 Å². The van der Waals surface area contributed by atoms with Gasteiger partial charge in [0.2, 0.25) is 10.0 Å². The molecule has 0 aliphatic rings. The molecule has 196 valence electrons. The van der Waals surface area contributed by atoms with Crippen LogP contribution in [0.3, 0.4) is 0 Å². The van der Waals surface area contributed by atoms with E-state index in [0.717, 1.165) is 41.0 Å². The van der Waals surface area contributed by atoms with Crippen molar-refractivity contribution in [1.29, 1.82) is 0 Å². The van der Waals surface area contributed by atoms with Crippen molar-refractivity contribution in [3.63, 3.8) is 0 Å². The van der Waals surface area contributed by atoms with Crippen LogP contribution in [0.4, 0.5) is 5.69 Å². The van der Waals surface area contributed by atoms with Crippen LogP contribution in [0.15, 0.2) is 63.8 Å². The Bertz CT molecular complexity index is 1250. The second-order valence-electron chi connectivity index (χ2n) is 9.13. The Morgan fingerprint density at radius 3 is 2.22 bits per heavy atom. The van der Waals surface area contributed by atoms with E-state index in [0.29, 0.717) is 6.54 Å². The Balaban J connectivity index is 1.57. The molecule has 0 atom stereocenters. The molecule has 1 aromatic heterocycles. The summed E-state index contributed by atoms with van der Waals surface area (Å²) in [5, 5.41) is 2.21. The van der Waals surface area contributed by atoms with Crippen molar-refractivity contribution < 1.29 is 8.42 Å². The van der Waals surface area contributed by atoms with Crippen LogP contribution in [0.1, 0.15) is 71.1 Å². The molecule has 0 saturated carbocycles. The topological polar surface area (TPSA) is 63.5 Å². The number of aromatic nitrogens is 1. The molecule has 36 heavy (non-hydrogen) atoms. The number of para-hydroxylation sites is 1. The van der Waals surface area contributed by atoms with Gasteiger partial charge in [-0.15, -0.1) is 11.3 Å². The molecule has 0 unspecified atom stereocenters. The molecule has 3 aromatic rings. The zero-order valence-electron chi connectivity index (χ0n) is 21.4. The van der Waals surface area contributed by atoms with E-state index >= 15 is 0 Å². The molecule has 5 nitrogen and oxygen atoms in total. The first-order valence-corrected chi connectivity index (χ1v) is 15.7. The summed E-state index contributed by atoms with van der Waals surface area (Å²) in [5.74, 6) is 0. The van der Waals surface area contributed by atoms with Gasteiger partial charge in [-0.05, 0) is 30.7 Å². The van der Waals surface area contributed by atoms with Crippen LogP contribution < -0.4 is 9.52 Å². The fourth-order valence-electron chi connectivity index (χ4n) is 4.11. The number of nitrogens with zero attached hydrogens (tertiary/aromatic N) is 2. The molecule has 2 aromatic carbocycles. The third kappa shape index (κ3) is 8.58. The summed E-state index contributed by atoms with van der Waals surface area (Å²) in [6.45, 7) is 2.66. The summed E-state index contributed by atoms with van der Waals surface area (Å²) in [6.07, 6.45) is 12.1. The summed E-state index contributed by atoms with van der Waals surface area (Å²) in [7, 11) is -1.77. The fourth-order valence-corrected chi connectivity index (χ4v) is 6.63. The maximum absolute atomic E-state index is 13.0. The molecule has 0 radical (unpaired) electrons. The van der Waals surface area contributed by atoms with E-state index in [4.69, 9.17) is 16.6 Å². The van der Waals surface area contributed by atoms with Gasteiger partial charge in [-0.2, -0.15) is 0 Å². The Morgan fingerprint density at radius 1 is 0.917 bits per heavy atom. The van der Waals surface area contributed by atoms with E-state index in [1.165, 1.54) is 56.3 Å². The normalized spacial score (nSPS) is 12.4. The zero-order valence-corrected chi connectivity index (χ0v) is 23.8. The molecule has 0 saturated heterocycles. The fraction of sp³-hybridized carbons (Fsp3) is 0.464. The number of thiazole rings is 1. The van der Waals surface area contributed by atoms with Crippen LogP contribution in [0.5, 0.6) is 0 Å². The lowest BCUT2D eigenvalue weighted by Crippen LogP contribution is -2.25. The van der Waals surface area contributed by atoms with Crippen LogP contribution in [0.25, 0.3) is 11.3 Å². The lowest BCUT2D eigenvalue weighted by atomic mass is 10.1. The van der Waals surface area contributed by atoms with Gasteiger partial charge >= 0.3 is 0 Å². The molecular formula is C28H38ClN3O2S2. The maximum atomic E-state index is 13.0. The standard InChI is InChI=1S/C28H38ClN3O2S2/c1-3-4-5-6-7-8-9-10-11-15-20-30-36(33,34)27-21-23(18-19-25(27)29)26-22-35-28(32(26)2)31-24-16-13-12-14-17-24/h12-14,16-19,21-22,30H,3-11,15,20H2,1-2H3. The molecule has 0 amide bonds. The van der Waals surface area contributed by atoms with E-state index in [1.54, 1.807) is 12.1 Å². The lowest BCUT2D eigenvalue weighted by Gasteiger charge is -2.11. The third-order valence-electron chi connectivity index (χ3n) is 6.24. The van der Waals surface area contributed by atoms with Crippen molar-refractivity contribution >= 4 is 38.6 Å². The average Bonchev–Trinajstić information content (AvgIpc) is 3.23. The summed E-state index contributed by atoms with van der Waals surface area (Å²) in [4.78, 5) is 5.63.